The fraction of sp³-hybridized carbons (Fsp3) is 0.286. The van der Waals surface area contributed by atoms with E-state index in [9.17, 15) is 13.2 Å². The standard InChI is InChI=1S/C21H19ClF3N3/c22-17-10-3-1-7-14(17)13-18-15-8-5-6-12-26-20(15)28(27-18)19-11-4-2-9-16(19)21(23,24)25/h1-4,7,9-11,26H,5-6,8,12-13H2. The Morgan fingerprint density at radius 2 is 1.79 bits per heavy atom. The molecule has 0 saturated heterocycles. The molecule has 0 saturated carbocycles. The van der Waals surface area contributed by atoms with Gasteiger partial charge >= 0.3 is 6.18 Å². The summed E-state index contributed by atoms with van der Waals surface area (Å²) in [5, 5.41) is 8.53. The van der Waals surface area contributed by atoms with Crippen molar-refractivity contribution in [3.8, 4) is 5.69 Å². The van der Waals surface area contributed by atoms with Crippen LogP contribution in [0.5, 0.6) is 0 Å². The maximum Gasteiger partial charge on any atom is 0.418 e. The normalized spacial score (nSPS) is 14.3. The van der Waals surface area contributed by atoms with E-state index in [0.717, 1.165) is 42.1 Å². The predicted octanol–water partition coefficient (Wildman–Crippen LogP) is 5.88. The van der Waals surface area contributed by atoms with Crippen LogP contribution in [-0.2, 0) is 19.0 Å². The van der Waals surface area contributed by atoms with Gasteiger partial charge in [-0.1, -0.05) is 41.9 Å². The molecule has 2 aromatic carbocycles. The van der Waals surface area contributed by atoms with Gasteiger partial charge in [0.15, 0.2) is 0 Å². The molecule has 0 amide bonds. The van der Waals surface area contributed by atoms with Crippen molar-refractivity contribution < 1.29 is 13.2 Å². The largest absolute Gasteiger partial charge is 0.418 e. The van der Waals surface area contributed by atoms with E-state index >= 15 is 0 Å². The molecule has 0 fully saturated rings. The van der Waals surface area contributed by atoms with Crippen LogP contribution in [0.4, 0.5) is 19.0 Å². The number of aromatic nitrogens is 2. The highest BCUT2D eigenvalue weighted by Gasteiger charge is 2.35. The molecule has 3 aromatic rings. The molecule has 7 heteroatoms. The number of benzene rings is 2. The monoisotopic (exact) mass is 405 g/mol. The van der Waals surface area contributed by atoms with Crippen LogP contribution < -0.4 is 5.32 Å². The van der Waals surface area contributed by atoms with Gasteiger partial charge in [-0.15, -0.1) is 0 Å². The molecule has 28 heavy (non-hydrogen) atoms. The third kappa shape index (κ3) is 3.61. The molecule has 0 spiro atoms. The zero-order valence-electron chi connectivity index (χ0n) is 15.1. The second-order valence-electron chi connectivity index (χ2n) is 6.85. The second kappa shape index (κ2) is 7.51. The lowest BCUT2D eigenvalue weighted by Crippen LogP contribution is -2.14. The molecule has 2 heterocycles. The molecule has 3 nitrogen and oxygen atoms in total. The number of hydrogen-bond acceptors (Lipinski definition) is 2. The minimum atomic E-state index is -4.46. The maximum absolute atomic E-state index is 13.6. The predicted molar refractivity (Wildman–Crippen MR) is 104 cm³/mol. The highest BCUT2D eigenvalue weighted by molar-refractivity contribution is 6.31. The summed E-state index contributed by atoms with van der Waals surface area (Å²) in [5.41, 5.74) is 1.97. The van der Waals surface area contributed by atoms with Gasteiger partial charge in [-0.25, -0.2) is 4.68 Å². The van der Waals surface area contributed by atoms with Gasteiger partial charge in [0, 0.05) is 23.6 Å². The zero-order chi connectivity index (χ0) is 19.7. The summed E-state index contributed by atoms with van der Waals surface area (Å²) in [4.78, 5) is 0. The lowest BCUT2D eigenvalue weighted by molar-refractivity contribution is -0.137. The summed E-state index contributed by atoms with van der Waals surface area (Å²) >= 11 is 6.30. The van der Waals surface area contributed by atoms with Gasteiger partial charge in [0.2, 0.25) is 0 Å². The molecule has 1 aliphatic heterocycles. The van der Waals surface area contributed by atoms with Crippen molar-refractivity contribution >= 4 is 17.4 Å². The van der Waals surface area contributed by atoms with Crippen molar-refractivity contribution in [3.05, 3.63) is 75.9 Å². The van der Waals surface area contributed by atoms with Gasteiger partial charge in [0.05, 0.1) is 16.9 Å². The third-order valence-electron chi connectivity index (χ3n) is 4.97. The number of alkyl halides is 3. The Hall–Kier alpha value is -2.47. The Labute approximate surface area is 166 Å². The maximum atomic E-state index is 13.6. The van der Waals surface area contributed by atoms with Crippen molar-refractivity contribution in [2.24, 2.45) is 0 Å². The molecule has 146 valence electrons. The van der Waals surface area contributed by atoms with E-state index in [0.29, 0.717) is 23.8 Å². The molecule has 1 aromatic heterocycles. The van der Waals surface area contributed by atoms with E-state index in [1.165, 1.54) is 16.8 Å². The van der Waals surface area contributed by atoms with Crippen molar-refractivity contribution in [1.29, 1.82) is 0 Å². The minimum absolute atomic E-state index is 0.0334. The van der Waals surface area contributed by atoms with Crippen molar-refractivity contribution in [3.63, 3.8) is 0 Å². The van der Waals surface area contributed by atoms with Gasteiger partial charge < -0.3 is 5.32 Å². The van der Waals surface area contributed by atoms with Crippen LogP contribution in [0, 0.1) is 0 Å². The molecule has 0 radical (unpaired) electrons. The van der Waals surface area contributed by atoms with Crippen LogP contribution in [0.1, 0.15) is 35.2 Å². The first-order valence-corrected chi connectivity index (χ1v) is 9.57. The van der Waals surface area contributed by atoms with E-state index in [4.69, 9.17) is 11.6 Å². The number of halogens is 4. The first-order valence-electron chi connectivity index (χ1n) is 9.20. The molecule has 0 aliphatic carbocycles. The summed E-state index contributed by atoms with van der Waals surface area (Å²) in [5.74, 6) is 0.649. The Morgan fingerprint density at radius 1 is 1.04 bits per heavy atom. The Bertz CT molecular complexity index is 995. The van der Waals surface area contributed by atoms with E-state index in [1.54, 1.807) is 6.07 Å². The molecule has 0 atom stereocenters. The number of para-hydroxylation sites is 1. The molecular formula is C21H19ClF3N3. The first kappa shape index (κ1) is 18.9. The van der Waals surface area contributed by atoms with Gasteiger partial charge in [-0.05, 0) is 43.0 Å². The number of rotatable bonds is 3. The number of hydrogen-bond donors (Lipinski definition) is 1. The summed E-state index contributed by atoms with van der Waals surface area (Å²) in [6.07, 6.45) is -1.28. The van der Waals surface area contributed by atoms with Gasteiger partial charge in [-0.3, -0.25) is 0 Å². The fourth-order valence-electron chi connectivity index (χ4n) is 3.61. The molecule has 1 aliphatic rings. The Kier molecular flexibility index (Phi) is 5.06. The molecule has 0 unspecified atom stereocenters. The topological polar surface area (TPSA) is 29.9 Å². The lowest BCUT2D eigenvalue weighted by Gasteiger charge is -2.15. The van der Waals surface area contributed by atoms with Crippen molar-refractivity contribution in [1.82, 2.24) is 9.78 Å². The number of nitrogens with one attached hydrogen (secondary N) is 1. The van der Waals surface area contributed by atoms with Crippen molar-refractivity contribution in [2.75, 3.05) is 11.9 Å². The van der Waals surface area contributed by atoms with Crippen LogP contribution in [0.25, 0.3) is 5.69 Å². The van der Waals surface area contributed by atoms with E-state index < -0.39 is 11.7 Å². The molecule has 4 rings (SSSR count). The molecule has 1 N–H and O–H groups in total. The Balaban J connectivity index is 1.86. The number of nitrogens with zero attached hydrogens (tertiary/aromatic N) is 2. The smallest absolute Gasteiger partial charge is 0.370 e. The summed E-state index contributed by atoms with van der Waals surface area (Å²) in [6, 6.07) is 13.0. The summed E-state index contributed by atoms with van der Waals surface area (Å²) < 4.78 is 42.1. The van der Waals surface area contributed by atoms with E-state index in [1.807, 2.05) is 24.3 Å². The highest BCUT2D eigenvalue weighted by atomic mass is 35.5. The second-order valence-corrected chi connectivity index (χ2v) is 7.26. The van der Waals surface area contributed by atoms with Gasteiger partial charge in [0.1, 0.15) is 5.82 Å². The van der Waals surface area contributed by atoms with E-state index in [2.05, 4.69) is 10.4 Å². The average molecular weight is 406 g/mol. The Morgan fingerprint density at radius 3 is 2.57 bits per heavy atom. The fourth-order valence-corrected chi connectivity index (χ4v) is 3.81. The first-order chi connectivity index (χ1) is 13.4. The van der Waals surface area contributed by atoms with Crippen LogP contribution in [-0.4, -0.2) is 16.3 Å². The van der Waals surface area contributed by atoms with Gasteiger partial charge in [0.25, 0.3) is 0 Å². The quantitative estimate of drug-likeness (QED) is 0.589. The van der Waals surface area contributed by atoms with Crippen LogP contribution in [0.15, 0.2) is 48.5 Å². The third-order valence-corrected chi connectivity index (χ3v) is 5.33. The summed E-state index contributed by atoms with van der Waals surface area (Å²) in [6.45, 7) is 0.707. The summed E-state index contributed by atoms with van der Waals surface area (Å²) in [7, 11) is 0. The average Bonchev–Trinajstić information content (AvgIpc) is 2.84. The SMILES string of the molecule is FC(F)(F)c1ccccc1-n1nc(Cc2ccccc2Cl)c2c1NCCCC2. The van der Waals surface area contributed by atoms with Crippen LogP contribution in [0.2, 0.25) is 5.02 Å². The number of fused-ring (bicyclic) bond motifs is 1. The zero-order valence-corrected chi connectivity index (χ0v) is 15.8. The van der Waals surface area contributed by atoms with Crippen LogP contribution in [0.3, 0.4) is 0 Å². The minimum Gasteiger partial charge on any atom is -0.370 e. The van der Waals surface area contributed by atoms with Crippen LogP contribution >= 0.6 is 11.6 Å². The highest BCUT2D eigenvalue weighted by Crippen LogP contribution is 2.37. The van der Waals surface area contributed by atoms with Crippen molar-refractivity contribution in [2.45, 2.75) is 31.9 Å². The van der Waals surface area contributed by atoms with Gasteiger partial charge in [-0.2, -0.15) is 18.3 Å². The lowest BCUT2D eigenvalue weighted by atomic mass is 10.0. The molecule has 0 bridgehead atoms. The molecular weight excluding hydrogens is 387 g/mol. The number of anilines is 1. The van der Waals surface area contributed by atoms with E-state index in [-0.39, 0.29) is 5.69 Å².